The van der Waals surface area contributed by atoms with Gasteiger partial charge < -0.3 is 19.4 Å². The number of carbonyl (C=O) groups excluding carboxylic acids is 2. The summed E-state index contributed by atoms with van der Waals surface area (Å²) in [5, 5.41) is 3.51. The maximum Gasteiger partial charge on any atom is 0.262 e. The van der Waals surface area contributed by atoms with Gasteiger partial charge in [-0.05, 0) is 30.3 Å². The number of halogens is 1. The average Bonchev–Trinajstić information content (AvgIpc) is 3.12. The lowest BCUT2D eigenvalue weighted by Crippen LogP contribution is -2.50. The molecular weight excluding hydrogens is 402 g/mol. The number of anilines is 1. The van der Waals surface area contributed by atoms with E-state index in [-0.39, 0.29) is 24.1 Å². The second-order valence-electron chi connectivity index (χ2n) is 6.07. The van der Waals surface area contributed by atoms with Gasteiger partial charge in [0.25, 0.3) is 11.1 Å². The molecule has 0 saturated carbocycles. The zero-order valence-corrected chi connectivity index (χ0v) is 16.4. The Morgan fingerprint density at radius 2 is 2.14 bits per heavy atom. The van der Waals surface area contributed by atoms with Crippen LogP contribution in [0.5, 0.6) is 5.75 Å². The molecule has 1 N–H and O–H groups in total. The number of fused-ring (bicyclic) bond motifs is 2. The summed E-state index contributed by atoms with van der Waals surface area (Å²) in [7, 11) is 1.54. The minimum Gasteiger partial charge on any atom is -0.477 e. The molecule has 0 unspecified atom stereocenters. The highest BCUT2D eigenvalue weighted by Crippen LogP contribution is 2.34. The van der Waals surface area contributed by atoms with Crippen LogP contribution in [-0.2, 0) is 9.59 Å². The standard InChI is InChI=1S/C19H16ClN3O4S/c1-21-18(25)16-9-23(13-4-2-3-5-15(13)26-16)17(24)10-28-19-22-12-8-11(20)6-7-14(12)27-19/h2-8,16H,9-10H2,1H3,(H,21,25)/t16-/m1/s1. The normalized spacial score (nSPS) is 15.8. The minimum atomic E-state index is -0.764. The number of aromatic nitrogens is 1. The van der Waals surface area contributed by atoms with E-state index in [0.29, 0.717) is 32.8 Å². The average molecular weight is 418 g/mol. The van der Waals surface area contributed by atoms with Crippen LogP contribution in [0, 0.1) is 0 Å². The number of para-hydroxylation sites is 2. The third-order valence-electron chi connectivity index (χ3n) is 4.26. The topological polar surface area (TPSA) is 84.7 Å². The quantitative estimate of drug-likeness (QED) is 0.656. The van der Waals surface area contributed by atoms with Gasteiger partial charge in [0, 0.05) is 12.1 Å². The number of hydrogen-bond donors (Lipinski definition) is 1. The summed E-state index contributed by atoms with van der Waals surface area (Å²) in [5.41, 5.74) is 1.88. The Balaban J connectivity index is 1.51. The zero-order chi connectivity index (χ0) is 19.7. The van der Waals surface area contributed by atoms with Crippen molar-refractivity contribution in [3.63, 3.8) is 0 Å². The lowest BCUT2D eigenvalue weighted by atomic mass is 10.2. The van der Waals surface area contributed by atoms with Crippen LogP contribution in [0.2, 0.25) is 5.02 Å². The highest BCUT2D eigenvalue weighted by molar-refractivity contribution is 7.99. The van der Waals surface area contributed by atoms with E-state index >= 15 is 0 Å². The zero-order valence-electron chi connectivity index (χ0n) is 14.8. The maximum atomic E-state index is 12.9. The lowest BCUT2D eigenvalue weighted by Gasteiger charge is -2.33. The molecule has 0 fully saturated rings. The SMILES string of the molecule is CNC(=O)[C@H]1CN(C(=O)CSc2nc3cc(Cl)ccc3o2)c2ccccc2O1. The number of hydrogen-bond acceptors (Lipinski definition) is 6. The molecule has 9 heteroatoms. The largest absolute Gasteiger partial charge is 0.477 e. The van der Waals surface area contributed by atoms with Crippen LogP contribution in [0.1, 0.15) is 0 Å². The summed E-state index contributed by atoms with van der Waals surface area (Å²) in [5.74, 6) is 0.151. The van der Waals surface area contributed by atoms with E-state index < -0.39 is 6.10 Å². The van der Waals surface area contributed by atoms with Gasteiger partial charge in [-0.2, -0.15) is 0 Å². The first kappa shape index (κ1) is 18.6. The van der Waals surface area contributed by atoms with Crippen molar-refractivity contribution in [2.75, 3.05) is 24.2 Å². The molecule has 28 heavy (non-hydrogen) atoms. The van der Waals surface area contributed by atoms with Crippen molar-refractivity contribution in [3.8, 4) is 5.75 Å². The Morgan fingerprint density at radius 3 is 2.96 bits per heavy atom. The van der Waals surface area contributed by atoms with Crippen LogP contribution in [0.15, 0.2) is 52.1 Å². The van der Waals surface area contributed by atoms with Crippen molar-refractivity contribution in [2.45, 2.75) is 11.3 Å². The minimum absolute atomic E-state index is 0.107. The maximum absolute atomic E-state index is 12.9. The van der Waals surface area contributed by atoms with Crippen molar-refractivity contribution in [1.29, 1.82) is 0 Å². The van der Waals surface area contributed by atoms with Crippen LogP contribution in [0.25, 0.3) is 11.1 Å². The molecule has 1 aliphatic rings. The Morgan fingerprint density at radius 1 is 1.32 bits per heavy atom. The third-order valence-corrected chi connectivity index (χ3v) is 5.31. The predicted molar refractivity (Wildman–Crippen MR) is 107 cm³/mol. The first-order valence-electron chi connectivity index (χ1n) is 8.51. The molecule has 1 atom stereocenters. The first-order chi connectivity index (χ1) is 13.5. The molecule has 4 rings (SSSR count). The summed E-state index contributed by atoms with van der Waals surface area (Å²) in [6.45, 7) is 0.138. The van der Waals surface area contributed by atoms with E-state index in [4.69, 9.17) is 20.8 Å². The van der Waals surface area contributed by atoms with Crippen LogP contribution in [-0.4, -0.2) is 42.2 Å². The predicted octanol–water partition coefficient (Wildman–Crippen LogP) is 3.11. The van der Waals surface area contributed by atoms with Gasteiger partial charge in [-0.1, -0.05) is 35.5 Å². The summed E-state index contributed by atoms with van der Waals surface area (Å²) >= 11 is 7.15. The monoisotopic (exact) mass is 417 g/mol. The Labute approximate surface area is 170 Å². The fraction of sp³-hybridized carbons (Fsp3) is 0.211. The fourth-order valence-corrected chi connectivity index (χ4v) is 3.79. The third kappa shape index (κ3) is 3.65. The van der Waals surface area contributed by atoms with Crippen LogP contribution < -0.4 is 15.0 Å². The Kier molecular flexibility index (Phi) is 5.15. The molecular formula is C19H16ClN3O4S. The number of nitrogens with zero attached hydrogens (tertiary/aromatic N) is 2. The Hall–Kier alpha value is -2.71. The molecule has 144 valence electrons. The van der Waals surface area contributed by atoms with Gasteiger partial charge >= 0.3 is 0 Å². The molecule has 0 bridgehead atoms. The number of benzene rings is 2. The van der Waals surface area contributed by atoms with E-state index in [2.05, 4.69) is 10.3 Å². The highest BCUT2D eigenvalue weighted by atomic mass is 35.5. The number of nitrogens with one attached hydrogen (secondary N) is 1. The van der Waals surface area contributed by atoms with Crippen molar-refractivity contribution in [1.82, 2.24) is 10.3 Å². The van der Waals surface area contributed by atoms with Gasteiger partial charge in [0.15, 0.2) is 11.7 Å². The molecule has 2 amide bonds. The van der Waals surface area contributed by atoms with Crippen molar-refractivity contribution >= 4 is 52.0 Å². The van der Waals surface area contributed by atoms with Crippen molar-refractivity contribution in [3.05, 3.63) is 47.5 Å². The number of carbonyl (C=O) groups is 2. The number of likely N-dealkylation sites (N-methyl/N-ethyl adjacent to an activating group) is 1. The molecule has 1 aliphatic heterocycles. The molecule has 0 aliphatic carbocycles. The van der Waals surface area contributed by atoms with Crippen molar-refractivity contribution in [2.24, 2.45) is 0 Å². The van der Waals surface area contributed by atoms with Crippen LogP contribution >= 0.6 is 23.4 Å². The second-order valence-corrected chi connectivity index (χ2v) is 7.44. The lowest BCUT2D eigenvalue weighted by molar-refractivity contribution is -0.127. The number of ether oxygens (including phenoxy) is 1. The summed E-state index contributed by atoms with van der Waals surface area (Å²) < 4.78 is 11.4. The molecule has 3 aromatic rings. The smallest absolute Gasteiger partial charge is 0.262 e. The van der Waals surface area contributed by atoms with E-state index in [1.807, 2.05) is 6.07 Å². The number of amides is 2. The van der Waals surface area contributed by atoms with E-state index in [1.54, 1.807) is 41.3 Å². The molecule has 0 spiro atoms. The van der Waals surface area contributed by atoms with Crippen LogP contribution in [0.3, 0.4) is 0 Å². The van der Waals surface area contributed by atoms with Gasteiger partial charge in [-0.3, -0.25) is 9.59 Å². The molecule has 0 radical (unpaired) electrons. The van der Waals surface area contributed by atoms with E-state index in [1.165, 1.54) is 18.8 Å². The number of rotatable bonds is 4. The molecule has 0 saturated heterocycles. The van der Waals surface area contributed by atoms with Gasteiger partial charge in [0.05, 0.1) is 18.0 Å². The van der Waals surface area contributed by atoms with Crippen molar-refractivity contribution < 1.29 is 18.7 Å². The van der Waals surface area contributed by atoms with E-state index in [0.717, 1.165) is 0 Å². The van der Waals surface area contributed by atoms with Gasteiger partial charge in [0.1, 0.15) is 11.3 Å². The first-order valence-corrected chi connectivity index (χ1v) is 9.88. The molecule has 7 nitrogen and oxygen atoms in total. The highest BCUT2D eigenvalue weighted by Gasteiger charge is 2.33. The van der Waals surface area contributed by atoms with Gasteiger partial charge in [-0.15, -0.1) is 0 Å². The summed E-state index contributed by atoms with van der Waals surface area (Å²) in [6, 6.07) is 12.3. The summed E-state index contributed by atoms with van der Waals surface area (Å²) in [4.78, 5) is 30.8. The van der Waals surface area contributed by atoms with Gasteiger partial charge in [-0.25, -0.2) is 4.98 Å². The van der Waals surface area contributed by atoms with Crippen LogP contribution in [0.4, 0.5) is 5.69 Å². The number of oxazole rings is 1. The molecule has 2 aromatic carbocycles. The fourth-order valence-electron chi connectivity index (χ4n) is 2.91. The molecule has 1 aromatic heterocycles. The summed E-state index contributed by atoms with van der Waals surface area (Å²) in [6.07, 6.45) is -0.764. The second kappa shape index (κ2) is 7.73. The molecule has 2 heterocycles. The number of thioether (sulfide) groups is 1. The van der Waals surface area contributed by atoms with Gasteiger partial charge in [0.2, 0.25) is 5.91 Å². The Bertz CT molecular complexity index is 1050. The van der Waals surface area contributed by atoms with E-state index in [9.17, 15) is 9.59 Å².